The zero-order valence-corrected chi connectivity index (χ0v) is 12.4. The molecule has 0 fully saturated rings. The van der Waals surface area contributed by atoms with Gasteiger partial charge in [-0.3, -0.25) is 4.68 Å². The number of aromatic amines is 1. The van der Waals surface area contributed by atoms with Crippen molar-refractivity contribution in [1.29, 1.82) is 0 Å². The number of hydrogen-bond acceptors (Lipinski definition) is 4. The Morgan fingerprint density at radius 3 is 2.90 bits per heavy atom. The maximum absolute atomic E-state index is 6.13. The lowest BCUT2D eigenvalue weighted by molar-refractivity contribution is 0.555. The summed E-state index contributed by atoms with van der Waals surface area (Å²) in [5, 5.41) is 6.28. The minimum Gasteiger partial charge on any atom is -0.395 e. The van der Waals surface area contributed by atoms with Crippen molar-refractivity contribution < 1.29 is 0 Å². The van der Waals surface area contributed by atoms with Crippen LogP contribution in [0.2, 0.25) is 0 Å². The first-order chi connectivity index (χ1) is 9.69. The van der Waals surface area contributed by atoms with Gasteiger partial charge in [-0.05, 0) is 37.2 Å². The van der Waals surface area contributed by atoms with Gasteiger partial charge in [-0.15, -0.1) is 0 Å². The average molecular weight is 287 g/mol. The molecular weight excluding hydrogens is 270 g/mol. The van der Waals surface area contributed by atoms with Crippen LogP contribution in [0, 0.1) is 6.92 Å². The van der Waals surface area contributed by atoms with E-state index in [1.807, 2.05) is 35.9 Å². The molecule has 0 aliphatic carbocycles. The molecule has 0 spiro atoms. The van der Waals surface area contributed by atoms with Gasteiger partial charge in [0.25, 0.3) is 0 Å². The average Bonchev–Trinajstić information content (AvgIpc) is 2.96. The normalized spacial score (nSPS) is 11.3. The maximum Gasteiger partial charge on any atom is 0.172 e. The highest BCUT2D eigenvalue weighted by atomic mass is 32.2. The number of imidazole rings is 1. The van der Waals surface area contributed by atoms with Crippen LogP contribution in [0.1, 0.15) is 19.0 Å². The molecule has 0 radical (unpaired) electrons. The Morgan fingerprint density at radius 2 is 2.15 bits per heavy atom. The number of benzene rings is 1. The lowest BCUT2D eigenvalue weighted by atomic mass is 10.3. The number of aromatic nitrogens is 4. The van der Waals surface area contributed by atoms with Crippen LogP contribution in [-0.2, 0) is 6.54 Å². The quantitative estimate of drug-likeness (QED) is 0.773. The number of aryl methyl sites for hydroxylation is 2. The van der Waals surface area contributed by atoms with Crippen molar-refractivity contribution in [2.24, 2.45) is 0 Å². The first kappa shape index (κ1) is 13.1. The summed E-state index contributed by atoms with van der Waals surface area (Å²) in [6.07, 6.45) is 1.02. The second-order valence-corrected chi connectivity index (χ2v) is 5.67. The number of nitrogen functional groups attached to an aromatic ring is 1. The van der Waals surface area contributed by atoms with E-state index in [0.29, 0.717) is 0 Å². The largest absolute Gasteiger partial charge is 0.395 e. The number of fused-ring (bicyclic) bond motifs is 1. The van der Waals surface area contributed by atoms with Crippen LogP contribution >= 0.6 is 11.8 Å². The van der Waals surface area contributed by atoms with Crippen molar-refractivity contribution in [2.75, 3.05) is 5.73 Å². The van der Waals surface area contributed by atoms with Gasteiger partial charge >= 0.3 is 0 Å². The minimum absolute atomic E-state index is 0.740. The van der Waals surface area contributed by atoms with Crippen molar-refractivity contribution in [3.05, 3.63) is 30.0 Å². The van der Waals surface area contributed by atoms with E-state index in [-0.39, 0.29) is 0 Å². The molecule has 0 aliphatic heterocycles. The number of para-hydroxylation sites is 2. The Kier molecular flexibility index (Phi) is 3.40. The molecule has 2 heterocycles. The number of hydrogen-bond donors (Lipinski definition) is 2. The molecular formula is C14H17N5S. The smallest absolute Gasteiger partial charge is 0.172 e. The van der Waals surface area contributed by atoms with Gasteiger partial charge in [0.1, 0.15) is 5.03 Å². The van der Waals surface area contributed by atoms with Crippen molar-refractivity contribution in [3.8, 4) is 0 Å². The molecule has 0 aliphatic rings. The molecule has 0 saturated heterocycles. The van der Waals surface area contributed by atoms with E-state index in [2.05, 4.69) is 22.0 Å². The summed E-state index contributed by atoms with van der Waals surface area (Å²) in [5.41, 5.74) is 9.74. The summed E-state index contributed by atoms with van der Waals surface area (Å²) in [7, 11) is 0. The summed E-state index contributed by atoms with van der Waals surface area (Å²) >= 11 is 1.54. The molecule has 3 aromatic rings. The van der Waals surface area contributed by atoms with E-state index in [0.717, 1.165) is 45.6 Å². The van der Waals surface area contributed by atoms with Gasteiger partial charge in [-0.25, -0.2) is 4.98 Å². The highest BCUT2D eigenvalue weighted by Gasteiger charge is 2.15. The monoisotopic (exact) mass is 287 g/mol. The molecule has 1 aromatic carbocycles. The van der Waals surface area contributed by atoms with E-state index < -0.39 is 0 Å². The molecule has 0 unspecified atom stereocenters. The SMILES string of the molecule is CCCn1nc(C)c(N)c1Sc1nc2ccccc2[nH]1. The van der Waals surface area contributed by atoms with Crippen molar-refractivity contribution in [1.82, 2.24) is 19.7 Å². The molecule has 5 nitrogen and oxygen atoms in total. The van der Waals surface area contributed by atoms with Gasteiger partial charge in [-0.1, -0.05) is 19.1 Å². The topological polar surface area (TPSA) is 72.5 Å². The zero-order valence-electron chi connectivity index (χ0n) is 11.6. The first-order valence-corrected chi connectivity index (χ1v) is 7.46. The fourth-order valence-corrected chi connectivity index (χ4v) is 3.10. The molecule has 2 aromatic heterocycles. The number of anilines is 1. The van der Waals surface area contributed by atoms with Gasteiger partial charge in [-0.2, -0.15) is 5.10 Å². The zero-order chi connectivity index (χ0) is 14.1. The number of nitrogens with two attached hydrogens (primary N) is 1. The van der Waals surface area contributed by atoms with Crippen LogP contribution in [0.4, 0.5) is 5.69 Å². The Bertz CT molecular complexity index is 710. The Hall–Kier alpha value is -1.95. The first-order valence-electron chi connectivity index (χ1n) is 6.64. The highest BCUT2D eigenvalue weighted by molar-refractivity contribution is 7.99. The lowest BCUT2D eigenvalue weighted by Gasteiger charge is -2.04. The molecule has 0 bridgehead atoms. The van der Waals surface area contributed by atoms with Gasteiger partial charge in [0.15, 0.2) is 5.16 Å². The molecule has 6 heteroatoms. The molecule has 20 heavy (non-hydrogen) atoms. The minimum atomic E-state index is 0.740. The molecule has 104 valence electrons. The van der Waals surface area contributed by atoms with Crippen molar-refractivity contribution in [2.45, 2.75) is 37.0 Å². The summed E-state index contributed by atoms with van der Waals surface area (Å²) in [6, 6.07) is 7.99. The summed E-state index contributed by atoms with van der Waals surface area (Å²) in [5.74, 6) is 0. The number of H-pyrrole nitrogens is 1. The molecule has 3 N–H and O–H groups in total. The third kappa shape index (κ3) is 2.27. The predicted molar refractivity (Wildman–Crippen MR) is 81.9 cm³/mol. The number of nitrogens with one attached hydrogen (secondary N) is 1. The summed E-state index contributed by atoms with van der Waals surface area (Å²) < 4.78 is 1.96. The van der Waals surface area contributed by atoms with Crippen LogP contribution < -0.4 is 5.73 Å². The van der Waals surface area contributed by atoms with Gasteiger partial charge in [0.2, 0.25) is 0 Å². The van der Waals surface area contributed by atoms with Gasteiger partial charge < -0.3 is 10.7 Å². The molecule has 3 rings (SSSR count). The maximum atomic E-state index is 6.13. The van der Waals surface area contributed by atoms with Crippen LogP contribution in [0.15, 0.2) is 34.4 Å². The van der Waals surface area contributed by atoms with E-state index >= 15 is 0 Å². The summed E-state index contributed by atoms with van der Waals surface area (Å²) in [6.45, 7) is 4.92. The Labute approximate surface area is 121 Å². The predicted octanol–water partition coefficient (Wildman–Crippen LogP) is 3.21. The fraction of sp³-hybridized carbons (Fsp3) is 0.286. The number of rotatable bonds is 4. The van der Waals surface area contributed by atoms with Gasteiger partial charge in [0, 0.05) is 6.54 Å². The second-order valence-electron chi connectivity index (χ2n) is 4.69. The third-order valence-corrected chi connectivity index (χ3v) is 4.13. The Morgan fingerprint density at radius 1 is 1.35 bits per heavy atom. The highest BCUT2D eigenvalue weighted by Crippen LogP contribution is 2.33. The van der Waals surface area contributed by atoms with E-state index in [1.54, 1.807) is 0 Å². The van der Waals surface area contributed by atoms with Crippen LogP contribution in [0.3, 0.4) is 0 Å². The second kappa shape index (κ2) is 5.20. The van der Waals surface area contributed by atoms with Gasteiger partial charge in [0.05, 0.1) is 22.4 Å². The van der Waals surface area contributed by atoms with Crippen LogP contribution in [0.25, 0.3) is 11.0 Å². The van der Waals surface area contributed by atoms with E-state index in [9.17, 15) is 0 Å². The third-order valence-electron chi connectivity index (χ3n) is 3.12. The lowest BCUT2D eigenvalue weighted by Crippen LogP contribution is -2.01. The summed E-state index contributed by atoms with van der Waals surface area (Å²) in [4.78, 5) is 7.88. The van der Waals surface area contributed by atoms with E-state index in [1.165, 1.54) is 11.8 Å². The number of nitrogens with zero attached hydrogens (tertiary/aromatic N) is 3. The van der Waals surface area contributed by atoms with E-state index in [4.69, 9.17) is 5.73 Å². The van der Waals surface area contributed by atoms with Crippen molar-refractivity contribution in [3.63, 3.8) is 0 Å². The standard InChI is InChI=1S/C14H17N5S/c1-3-8-19-13(12(15)9(2)18-19)20-14-16-10-6-4-5-7-11(10)17-14/h4-7H,3,8,15H2,1-2H3,(H,16,17). The van der Waals surface area contributed by atoms with Crippen LogP contribution in [-0.4, -0.2) is 19.7 Å². The Balaban J connectivity index is 1.97. The molecule has 0 amide bonds. The molecule has 0 saturated carbocycles. The van der Waals surface area contributed by atoms with Crippen molar-refractivity contribution >= 4 is 28.5 Å². The molecule has 0 atom stereocenters. The van der Waals surface area contributed by atoms with Crippen LogP contribution in [0.5, 0.6) is 0 Å². The fourth-order valence-electron chi connectivity index (χ4n) is 2.11.